The van der Waals surface area contributed by atoms with Gasteiger partial charge in [0.1, 0.15) is 11.0 Å². The normalized spacial score (nSPS) is 12.0. The molecule has 0 radical (unpaired) electrons. The first-order valence-electron chi connectivity index (χ1n) is 10.4. The minimum absolute atomic E-state index is 0.295. The van der Waals surface area contributed by atoms with Gasteiger partial charge in [0.15, 0.2) is 5.82 Å². The van der Waals surface area contributed by atoms with Gasteiger partial charge in [-0.2, -0.15) is 5.10 Å². The molecule has 0 saturated heterocycles. The molecule has 0 aliphatic rings. The monoisotopic (exact) mass is 482 g/mol. The molecule has 1 N–H and O–H groups in total. The Bertz CT molecular complexity index is 1390. The number of nitrogens with zero attached hydrogens (tertiary/aromatic N) is 5. The summed E-state index contributed by atoms with van der Waals surface area (Å²) < 4.78 is 2.82. The van der Waals surface area contributed by atoms with E-state index >= 15 is 0 Å². The number of benzene rings is 1. The molecule has 4 rings (SSSR count). The van der Waals surface area contributed by atoms with Gasteiger partial charge < -0.3 is 5.32 Å². The maximum Gasteiger partial charge on any atom is 0.267 e. The summed E-state index contributed by atoms with van der Waals surface area (Å²) in [6.07, 6.45) is 0. The summed E-state index contributed by atoms with van der Waals surface area (Å²) in [5, 5.41) is 13.1. The number of amides is 1. The van der Waals surface area contributed by atoms with E-state index in [1.54, 1.807) is 17.7 Å². The fourth-order valence-corrected chi connectivity index (χ4v) is 4.76. The zero-order valence-corrected chi connectivity index (χ0v) is 20.2. The quantitative estimate of drug-likeness (QED) is 0.448. The van der Waals surface area contributed by atoms with Crippen LogP contribution in [0.3, 0.4) is 0 Å². The molecule has 33 heavy (non-hydrogen) atoms. The van der Waals surface area contributed by atoms with Crippen LogP contribution >= 0.6 is 22.9 Å². The van der Waals surface area contributed by atoms with E-state index in [4.69, 9.17) is 11.6 Å². The molecule has 1 amide bonds. The second-order valence-corrected chi connectivity index (χ2v) is 9.21. The van der Waals surface area contributed by atoms with Crippen molar-refractivity contribution in [2.75, 3.05) is 0 Å². The van der Waals surface area contributed by atoms with Crippen LogP contribution in [0.25, 0.3) is 16.4 Å². The largest absolute Gasteiger partial charge is 0.349 e. The number of carbonyl (C=O) groups excluding carboxylic acids is 1. The van der Waals surface area contributed by atoms with E-state index in [1.807, 2.05) is 51.1 Å². The molecule has 0 aliphatic carbocycles. The zero-order chi connectivity index (χ0) is 23.7. The average Bonchev–Trinajstić information content (AvgIpc) is 3.33. The topological polar surface area (TPSA) is 94.7 Å². The molecular formula is C23H23ClN6O2S. The van der Waals surface area contributed by atoms with Crippen LogP contribution in [0.2, 0.25) is 5.02 Å². The van der Waals surface area contributed by atoms with E-state index in [9.17, 15) is 9.59 Å². The highest BCUT2D eigenvalue weighted by Gasteiger charge is 2.20. The molecule has 0 aliphatic heterocycles. The van der Waals surface area contributed by atoms with Crippen molar-refractivity contribution >= 4 is 28.8 Å². The third-order valence-corrected chi connectivity index (χ3v) is 6.72. The summed E-state index contributed by atoms with van der Waals surface area (Å²) in [4.78, 5) is 30.8. The first-order valence-corrected chi connectivity index (χ1v) is 11.6. The van der Waals surface area contributed by atoms with Crippen LogP contribution in [0.1, 0.15) is 34.9 Å². The van der Waals surface area contributed by atoms with E-state index < -0.39 is 6.04 Å². The molecule has 3 heterocycles. The summed E-state index contributed by atoms with van der Waals surface area (Å²) >= 11 is 7.77. The Morgan fingerprint density at radius 2 is 1.91 bits per heavy atom. The van der Waals surface area contributed by atoms with Gasteiger partial charge in [-0.3, -0.25) is 9.59 Å². The van der Waals surface area contributed by atoms with Gasteiger partial charge in [-0.05, 0) is 45.9 Å². The molecule has 1 unspecified atom stereocenters. The zero-order valence-electron chi connectivity index (χ0n) is 18.7. The molecule has 0 saturated carbocycles. The molecule has 10 heteroatoms. The Kier molecular flexibility index (Phi) is 6.44. The molecule has 0 fully saturated rings. The predicted molar refractivity (Wildman–Crippen MR) is 129 cm³/mol. The van der Waals surface area contributed by atoms with Crippen molar-refractivity contribution in [3.8, 4) is 16.4 Å². The summed E-state index contributed by atoms with van der Waals surface area (Å²) in [7, 11) is 0. The molecule has 1 aromatic carbocycles. The number of thiazole rings is 1. The fraction of sp³-hybridized carbons (Fsp3) is 0.261. The van der Waals surface area contributed by atoms with Crippen LogP contribution in [-0.4, -0.2) is 30.5 Å². The van der Waals surface area contributed by atoms with Crippen molar-refractivity contribution < 1.29 is 4.79 Å². The van der Waals surface area contributed by atoms with Crippen molar-refractivity contribution in [2.45, 2.75) is 40.3 Å². The third-order valence-electron chi connectivity index (χ3n) is 5.20. The van der Waals surface area contributed by atoms with Crippen molar-refractivity contribution in [3.05, 3.63) is 79.8 Å². The molecule has 4 aromatic rings. The van der Waals surface area contributed by atoms with Gasteiger partial charge in [-0.15, -0.1) is 16.4 Å². The molecule has 0 spiro atoms. The highest BCUT2D eigenvalue weighted by molar-refractivity contribution is 7.15. The van der Waals surface area contributed by atoms with Crippen LogP contribution in [0.5, 0.6) is 0 Å². The number of nitrogens with one attached hydrogen (secondary N) is 1. The first-order chi connectivity index (χ1) is 15.7. The summed E-state index contributed by atoms with van der Waals surface area (Å²) in [6, 6.07) is 11.6. The van der Waals surface area contributed by atoms with E-state index in [0.717, 1.165) is 32.5 Å². The first kappa shape index (κ1) is 22.9. The van der Waals surface area contributed by atoms with Gasteiger partial charge in [0.25, 0.3) is 5.56 Å². The van der Waals surface area contributed by atoms with E-state index in [1.165, 1.54) is 22.1 Å². The Morgan fingerprint density at radius 1 is 1.15 bits per heavy atom. The smallest absolute Gasteiger partial charge is 0.267 e. The SMILES string of the molecule is Cc1cc(C)n(-c2ccc(=O)n(C(C)C(=O)NCc3sc(-c4ccccc4Cl)nc3C)n2)n1. The highest BCUT2D eigenvalue weighted by atomic mass is 35.5. The number of carbonyl (C=O) groups is 1. The van der Waals surface area contributed by atoms with Crippen LogP contribution in [0.4, 0.5) is 0 Å². The lowest BCUT2D eigenvalue weighted by atomic mass is 10.2. The lowest BCUT2D eigenvalue weighted by molar-refractivity contribution is -0.124. The van der Waals surface area contributed by atoms with E-state index in [2.05, 4.69) is 20.5 Å². The minimum Gasteiger partial charge on any atom is -0.349 e. The Balaban J connectivity index is 1.51. The Morgan fingerprint density at radius 3 is 2.61 bits per heavy atom. The van der Waals surface area contributed by atoms with Crippen molar-refractivity contribution in [2.24, 2.45) is 0 Å². The second-order valence-electron chi connectivity index (χ2n) is 7.71. The number of rotatable bonds is 6. The summed E-state index contributed by atoms with van der Waals surface area (Å²) in [5.74, 6) is 0.157. The Labute approximate surface area is 199 Å². The number of hydrogen-bond donors (Lipinski definition) is 1. The van der Waals surface area contributed by atoms with Crippen LogP contribution in [-0.2, 0) is 11.3 Å². The number of aromatic nitrogens is 5. The van der Waals surface area contributed by atoms with Crippen molar-refractivity contribution in [1.29, 1.82) is 0 Å². The summed E-state index contributed by atoms with van der Waals surface area (Å²) in [6.45, 7) is 7.62. The minimum atomic E-state index is -0.800. The van der Waals surface area contributed by atoms with Gasteiger partial charge in [-0.25, -0.2) is 14.3 Å². The molecule has 8 nitrogen and oxygen atoms in total. The molecule has 3 aromatic heterocycles. The van der Waals surface area contributed by atoms with Crippen molar-refractivity contribution in [1.82, 2.24) is 29.9 Å². The van der Waals surface area contributed by atoms with E-state index in [-0.39, 0.29) is 11.5 Å². The standard InChI is InChI=1S/C23H23ClN6O2S/c1-13-11-14(2)29(27-13)20-9-10-21(31)30(28-20)16(4)22(32)25-12-19-15(3)26-23(33-19)17-7-5-6-8-18(17)24/h5-11,16H,12H2,1-4H3,(H,25,32). The van der Waals surface area contributed by atoms with Crippen LogP contribution in [0, 0.1) is 20.8 Å². The van der Waals surface area contributed by atoms with Crippen LogP contribution in [0.15, 0.2) is 47.3 Å². The Hall–Kier alpha value is -3.30. The molecule has 1 atom stereocenters. The van der Waals surface area contributed by atoms with Crippen LogP contribution < -0.4 is 10.9 Å². The van der Waals surface area contributed by atoms with Gasteiger partial charge in [0.2, 0.25) is 5.91 Å². The number of halogens is 1. The van der Waals surface area contributed by atoms with E-state index in [0.29, 0.717) is 17.4 Å². The lowest BCUT2D eigenvalue weighted by Gasteiger charge is -2.15. The third kappa shape index (κ3) is 4.74. The van der Waals surface area contributed by atoms with Gasteiger partial charge >= 0.3 is 0 Å². The maximum atomic E-state index is 12.9. The van der Waals surface area contributed by atoms with Gasteiger partial charge in [0, 0.05) is 22.2 Å². The molecule has 0 bridgehead atoms. The second kappa shape index (κ2) is 9.29. The average molecular weight is 483 g/mol. The maximum absolute atomic E-state index is 12.9. The number of hydrogen-bond acceptors (Lipinski definition) is 6. The molecular weight excluding hydrogens is 460 g/mol. The van der Waals surface area contributed by atoms with Gasteiger partial charge in [-0.1, -0.05) is 29.8 Å². The highest BCUT2D eigenvalue weighted by Crippen LogP contribution is 2.32. The molecule has 170 valence electrons. The fourth-order valence-electron chi connectivity index (χ4n) is 3.43. The summed E-state index contributed by atoms with van der Waals surface area (Å²) in [5.41, 5.74) is 3.05. The number of aryl methyl sites for hydroxylation is 3. The van der Waals surface area contributed by atoms with Gasteiger partial charge in [0.05, 0.1) is 23.0 Å². The predicted octanol–water partition coefficient (Wildman–Crippen LogP) is 4.01. The van der Waals surface area contributed by atoms with Crippen molar-refractivity contribution in [3.63, 3.8) is 0 Å². The lowest BCUT2D eigenvalue weighted by Crippen LogP contribution is -2.37.